The van der Waals surface area contributed by atoms with Crippen LogP contribution in [0.5, 0.6) is 5.75 Å². The van der Waals surface area contributed by atoms with Crippen molar-refractivity contribution in [2.75, 3.05) is 5.32 Å². The van der Waals surface area contributed by atoms with E-state index in [9.17, 15) is 18.0 Å². The summed E-state index contributed by atoms with van der Waals surface area (Å²) in [6.07, 6.45) is -3.22. The minimum atomic E-state index is -4.75. The first-order chi connectivity index (χ1) is 10.7. The van der Waals surface area contributed by atoms with Crippen molar-refractivity contribution in [1.29, 1.82) is 0 Å². The molecule has 9 heteroatoms. The average Bonchev–Trinajstić information content (AvgIpc) is 2.78. The van der Waals surface area contributed by atoms with E-state index < -0.39 is 12.4 Å². The maximum atomic E-state index is 12.1. The summed E-state index contributed by atoms with van der Waals surface area (Å²) in [6, 6.07) is 4.22. The molecular formula is C14H13ClF3N3O2. The van der Waals surface area contributed by atoms with Crippen LogP contribution in [0.25, 0.3) is 0 Å². The van der Waals surface area contributed by atoms with Crippen molar-refractivity contribution in [3.63, 3.8) is 0 Å². The average molecular weight is 348 g/mol. The van der Waals surface area contributed by atoms with Crippen LogP contribution < -0.4 is 10.1 Å². The molecule has 2 rings (SSSR count). The molecule has 0 aliphatic rings. The van der Waals surface area contributed by atoms with Crippen molar-refractivity contribution in [1.82, 2.24) is 9.78 Å². The third-order valence-electron chi connectivity index (χ3n) is 2.99. The quantitative estimate of drug-likeness (QED) is 0.911. The van der Waals surface area contributed by atoms with Crippen molar-refractivity contribution in [2.24, 2.45) is 0 Å². The number of alkyl halides is 3. The lowest BCUT2D eigenvalue weighted by Gasteiger charge is -2.13. The lowest BCUT2D eigenvalue weighted by molar-refractivity contribution is -0.274. The molecule has 1 aromatic heterocycles. The van der Waals surface area contributed by atoms with Crippen LogP contribution in [0.2, 0.25) is 5.02 Å². The van der Waals surface area contributed by atoms with Gasteiger partial charge in [-0.3, -0.25) is 9.48 Å². The zero-order chi connectivity index (χ0) is 17.2. The van der Waals surface area contributed by atoms with Gasteiger partial charge in [0.1, 0.15) is 11.8 Å². The molecule has 0 aliphatic carbocycles. The van der Waals surface area contributed by atoms with E-state index in [1.807, 2.05) is 0 Å². The fourth-order valence-corrected chi connectivity index (χ4v) is 1.90. The number of halogens is 4. The van der Waals surface area contributed by atoms with E-state index in [1.165, 1.54) is 23.0 Å². The summed E-state index contributed by atoms with van der Waals surface area (Å²) in [5.74, 6) is -0.744. The second-order valence-electron chi connectivity index (χ2n) is 4.78. The molecule has 1 aromatic carbocycles. The summed E-state index contributed by atoms with van der Waals surface area (Å²) in [5, 5.41) is 7.13. The number of hydrogen-bond donors (Lipinski definition) is 1. The minimum Gasteiger partial charge on any atom is -0.406 e. The number of nitrogens with zero attached hydrogens (tertiary/aromatic N) is 2. The van der Waals surface area contributed by atoms with E-state index in [-0.39, 0.29) is 11.7 Å². The molecule has 0 radical (unpaired) electrons. The highest BCUT2D eigenvalue weighted by atomic mass is 35.5. The highest BCUT2D eigenvalue weighted by Gasteiger charge is 2.31. The molecule has 1 atom stereocenters. The van der Waals surface area contributed by atoms with Crippen LogP contribution >= 0.6 is 11.6 Å². The number of ether oxygens (including phenoxy) is 1. The van der Waals surface area contributed by atoms with Crippen molar-refractivity contribution in [2.45, 2.75) is 26.3 Å². The summed E-state index contributed by atoms with van der Waals surface area (Å²) in [5.41, 5.74) is 0.936. The largest absolute Gasteiger partial charge is 0.573 e. The van der Waals surface area contributed by atoms with Gasteiger partial charge in [0, 0.05) is 11.9 Å². The number of anilines is 1. The first-order valence-corrected chi connectivity index (χ1v) is 6.91. The summed E-state index contributed by atoms with van der Waals surface area (Å²) in [4.78, 5) is 12.1. The number of nitrogens with one attached hydrogen (secondary N) is 1. The summed E-state index contributed by atoms with van der Waals surface area (Å²) >= 11 is 5.89. The van der Waals surface area contributed by atoms with Crippen molar-refractivity contribution >= 4 is 23.2 Å². The predicted octanol–water partition coefficient (Wildman–Crippen LogP) is 3.94. The van der Waals surface area contributed by atoms with E-state index in [0.717, 1.165) is 12.1 Å². The third kappa shape index (κ3) is 4.62. The fourth-order valence-electron chi connectivity index (χ4n) is 1.76. The number of aryl methyl sites for hydroxylation is 1. The van der Waals surface area contributed by atoms with E-state index in [0.29, 0.717) is 16.4 Å². The summed E-state index contributed by atoms with van der Waals surface area (Å²) < 4.78 is 41.4. The Morgan fingerprint density at radius 3 is 2.43 bits per heavy atom. The Labute approximate surface area is 135 Å². The molecule has 1 heterocycles. The first kappa shape index (κ1) is 17.1. The van der Waals surface area contributed by atoms with Gasteiger partial charge in [0.2, 0.25) is 5.91 Å². The molecule has 2 aromatic rings. The van der Waals surface area contributed by atoms with Gasteiger partial charge in [0.25, 0.3) is 0 Å². The summed E-state index contributed by atoms with van der Waals surface area (Å²) in [6.45, 7) is 3.34. The lowest BCUT2D eigenvalue weighted by atomic mass is 10.2. The standard InChI is InChI=1S/C14H13ClF3N3O2/c1-8-12(15)7-21(20-8)9(2)13(22)19-10-3-5-11(6-4-10)23-14(16,17)18/h3-7,9H,1-2H3,(H,19,22). The van der Waals surface area contributed by atoms with E-state index in [2.05, 4.69) is 15.2 Å². The Bertz CT molecular complexity index is 679. The molecule has 0 saturated carbocycles. The van der Waals surface area contributed by atoms with Gasteiger partial charge in [-0.15, -0.1) is 13.2 Å². The SMILES string of the molecule is Cc1nn(C(C)C(=O)Nc2ccc(OC(F)(F)F)cc2)cc1Cl. The molecule has 23 heavy (non-hydrogen) atoms. The second kappa shape index (κ2) is 6.49. The minimum absolute atomic E-state index is 0.339. The molecule has 5 nitrogen and oxygen atoms in total. The lowest BCUT2D eigenvalue weighted by Crippen LogP contribution is -2.24. The zero-order valence-electron chi connectivity index (χ0n) is 12.2. The van der Waals surface area contributed by atoms with Crippen LogP contribution in [0.15, 0.2) is 30.5 Å². The number of aromatic nitrogens is 2. The Kier molecular flexibility index (Phi) is 4.84. The predicted molar refractivity (Wildman–Crippen MR) is 78.4 cm³/mol. The molecule has 0 spiro atoms. The van der Waals surface area contributed by atoms with Crippen molar-refractivity contribution in [3.05, 3.63) is 41.2 Å². The maximum Gasteiger partial charge on any atom is 0.573 e. The van der Waals surface area contributed by atoms with Gasteiger partial charge in [-0.05, 0) is 38.1 Å². The Morgan fingerprint density at radius 2 is 1.96 bits per heavy atom. The smallest absolute Gasteiger partial charge is 0.406 e. The second-order valence-corrected chi connectivity index (χ2v) is 5.19. The molecule has 124 valence electrons. The van der Waals surface area contributed by atoms with Gasteiger partial charge in [-0.25, -0.2) is 0 Å². The van der Waals surface area contributed by atoms with Crippen LogP contribution in [0.3, 0.4) is 0 Å². The van der Waals surface area contributed by atoms with Gasteiger partial charge in [-0.2, -0.15) is 5.10 Å². The molecule has 1 unspecified atom stereocenters. The number of rotatable bonds is 4. The normalized spacial score (nSPS) is 12.8. The van der Waals surface area contributed by atoms with E-state index in [1.54, 1.807) is 13.8 Å². The Hall–Kier alpha value is -2.22. The number of benzene rings is 1. The highest BCUT2D eigenvalue weighted by Crippen LogP contribution is 2.24. The van der Waals surface area contributed by atoms with Gasteiger partial charge >= 0.3 is 6.36 Å². The van der Waals surface area contributed by atoms with Crippen LogP contribution in [-0.2, 0) is 4.79 Å². The third-order valence-corrected chi connectivity index (χ3v) is 3.36. The van der Waals surface area contributed by atoms with Crippen LogP contribution in [0, 0.1) is 6.92 Å². The number of carbonyl (C=O) groups is 1. The van der Waals surface area contributed by atoms with Crippen LogP contribution in [0.4, 0.5) is 18.9 Å². The van der Waals surface area contributed by atoms with Gasteiger partial charge in [-0.1, -0.05) is 11.6 Å². The number of carbonyl (C=O) groups excluding carboxylic acids is 1. The van der Waals surface area contributed by atoms with Gasteiger partial charge < -0.3 is 10.1 Å². The fraction of sp³-hybridized carbons (Fsp3) is 0.286. The molecule has 0 aliphatic heterocycles. The Morgan fingerprint density at radius 1 is 1.35 bits per heavy atom. The van der Waals surface area contributed by atoms with E-state index in [4.69, 9.17) is 11.6 Å². The Balaban J connectivity index is 2.02. The van der Waals surface area contributed by atoms with Gasteiger partial charge in [0.05, 0.1) is 10.7 Å². The van der Waals surface area contributed by atoms with E-state index >= 15 is 0 Å². The highest BCUT2D eigenvalue weighted by molar-refractivity contribution is 6.31. The monoisotopic (exact) mass is 347 g/mol. The zero-order valence-corrected chi connectivity index (χ0v) is 12.9. The molecule has 1 amide bonds. The molecule has 1 N–H and O–H groups in total. The topological polar surface area (TPSA) is 56.2 Å². The van der Waals surface area contributed by atoms with Crippen molar-refractivity contribution in [3.8, 4) is 5.75 Å². The molecule has 0 bridgehead atoms. The molecule has 0 saturated heterocycles. The van der Waals surface area contributed by atoms with Crippen LogP contribution in [0.1, 0.15) is 18.7 Å². The maximum absolute atomic E-state index is 12.1. The van der Waals surface area contributed by atoms with Crippen LogP contribution in [-0.4, -0.2) is 22.1 Å². The summed E-state index contributed by atoms with van der Waals surface area (Å²) in [7, 11) is 0. The number of hydrogen-bond acceptors (Lipinski definition) is 3. The molecule has 0 fully saturated rings. The van der Waals surface area contributed by atoms with Gasteiger partial charge in [0.15, 0.2) is 0 Å². The van der Waals surface area contributed by atoms with Crippen molar-refractivity contribution < 1.29 is 22.7 Å². The number of amides is 1. The molecular weight excluding hydrogens is 335 g/mol. The first-order valence-electron chi connectivity index (χ1n) is 6.53.